The summed E-state index contributed by atoms with van der Waals surface area (Å²) in [5.41, 5.74) is 0.990. The number of nitrogens with one attached hydrogen (secondary N) is 1. The lowest BCUT2D eigenvalue weighted by atomic mass is 9.90. The van der Waals surface area contributed by atoms with Gasteiger partial charge in [-0.1, -0.05) is 36.4 Å². The van der Waals surface area contributed by atoms with E-state index in [1.165, 1.54) is 4.88 Å². The van der Waals surface area contributed by atoms with Crippen molar-refractivity contribution in [1.82, 2.24) is 10.2 Å². The van der Waals surface area contributed by atoms with Gasteiger partial charge in [0.1, 0.15) is 6.10 Å². The molecular weight excluding hydrogens is 412 g/mol. The SMILES string of the molecule is C=CCNC(=O)[C@@]1(Cc2ccc(-c3cccs3)cc2)CN(C(=O)[C@H]2CCCO2)CCO1. The van der Waals surface area contributed by atoms with E-state index >= 15 is 0 Å². The van der Waals surface area contributed by atoms with Crippen LogP contribution in [0.25, 0.3) is 10.4 Å². The molecule has 164 valence electrons. The van der Waals surface area contributed by atoms with Crippen LogP contribution in [-0.2, 0) is 25.5 Å². The Morgan fingerprint density at radius 3 is 2.77 bits per heavy atom. The molecule has 0 bridgehead atoms. The summed E-state index contributed by atoms with van der Waals surface area (Å²) >= 11 is 1.69. The predicted octanol–water partition coefficient (Wildman–Crippen LogP) is 3.04. The van der Waals surface area contributed by atoms with Crippen molar-refractivity contribution in [3.63, 3.8) is 0 Å². The fourth-order valence-corrected chi connectivity index (χ4v) is 4.89. The molecule has 1 N–H and O–H groups in total. The lowest BCUT2D eigenvalue weighted by Crippen LogP contribution is -2.63. The number of morpholine rings is 1. The zero-order valence-electron chi connectivity index (χ0n) is 17.5. The van der Waals surface area contributed by atoms with Gasteiger partial charge in [-0.2, -0.15) is 0 Å². The largest absolute Gasteiger partial charge is 0.368 e. The van der Waals surface area contributed by atoms with Crippen LogP contribution in [0.15, 0.2) is 54.4 Å². The Bertz CT molecular complexity index is 906. The van der Waals surface area contributed by atoms with E-state index in [0.717, 1.165) is 24.0 Å². The summed E-state index contributed by atoms with van der Waals surface area (Å²) in [6, 6.07) is 12.3. The summed E-state index contributed by atoms with van der Waals surface area (Å²) in [6.07, 6.45) is 3.24. The minimum absolute atomic E-state index is 0.0465. The highest BCUT2D eigenvalue weighted by Gasteiger charge is 2.46. The van der Waals surface area contributed by atoms with Crippen molar-refractivity contribution in [2.75, 3.05) is 32.8 Å². The van der Waals surface area contributed by atoms with Gasteiger partial charge < -0.3 is 19.7 Å². The topological polar surface area (TPSA) is 67.9 Å². The third-order valence-corrected chi connectivity index (χ3v) is 6.69. The fourth-order valence-electron chi connectivity index (χ4n) is 4.16. The molecule has 2 aliphatic rings. The van der Waals surface area contributed by atoms with Gasteiger partial charge in [-0.25, -0.2) is 0 Å². The van der Waals surface area contributed by atoms with E-state index < -0.39 is 11.7 Å². The maximum absolute atomic E-state index is 13.2. The van der Waals surface area contributed by atoms with E-state index in [1.54, 1.807) is 22.3 Å². The summed E-state index contributed by atoms with van der Waals surface area (Å²) in [7, 11) is 0. The Labute approximate surface area is 186 Å². The van der Waals surface area contributed by atoms with Crippen LogP contribution in [0.2, 0.25) is 0 Å². The zero-order chi connectivity index (χ0) is 21.7. The fraction of sp³-hybridized carbons (Fsp3) is 0.417. The van der Waals surface area contributed by atoms with E-state index in [2.05, 4.69) is 35.5 Å². The summed E-state index contributed by atoms with van der Waals surface area (Å²) < 4.78 is 11.7. The molecule has 3 heterocycles. The third kappa shape index (κ3) is 4.89. The molecule has 4 rings (SSSR count). The highest BCUT2D eigenvalue weighted by atomic mass is 32.1. The van der Waals surface area contributed by atoms with Crippen molar-refractivity contribution in [3.05, 3.63) is 60.0 Å². The van der Waals surface area contributed by atoms with E-state index in [9.17, 15) is 9.59 Å². The Kier molecular flexibility index (Phi) is 6.85. The maximum atomic E-state index is 13.2. The quantitative estimate of drug-likeness (QED) is 0.672. The molecule has 1 aromatic heterocycles. The van der Waals surface area contributed by atoms with Gasteiger partial charge >= 0.3 is 0 Å². The average molecular weight is 441 g/mol. The van der Waals surface area contributed by atoms with Crippen LogP contribution in [-0.4, -0.2) is 61.3 Å². The smallest absolute Gasteiger partial charge is 0.254 e. The van der Waals surface area contributed by atoms with E-state index in [1.807, 2.05) is 18.2 Å². The van der Waals surface area contributed by atoms with Crippen molar-refractivity contribution in [1.29, 1.82) is 0 Å². The van der Waals surface area contributed by atoms with Crippen LogP contribution < -0.4 is 5.32 Å². The molecule has 31 heavy (non-hydrogen) atoms. The van der Waals surface area contributed by atoms with E-state index in [0.29, 0.717) is 32.7 Å². The molecule has 2 fully saturated rings. The summed E-state index contributed by atoms with van der Waals surface area (Å²) in [5, 5.41) is 4.93. The van der Waals surface area contributed by atoms with Crippen molar-refractivity contribution in [2.45, 2.75) is 31.0 Å². The second-order valence-corrected chi connectivity index (χ2v) is 8.90. The molecule has 0 aliphatic carbocycles. The van der Waals surface area contributed by atoms with Crippen LogP contribution in [0, 0.1) is 0 Å². The number of rotatable bonds is 7. The lowest BCUT2D eigenvalue weighted by molar-refractivity contribution is -0.169. The molecule has 2 amide bonds. The molecule has 0 spiro atoms. The van der Waals surface area contributed by atoms with Crippen LogP contribution in [0.3, 0.4) is 0 Å². The van der Waals surface area contributed by atoms with Gasteiger partial charge in [-0.15, -0.1) is 17.9 Å². The lowest BCUT2D eigenvalue weighted by Gasteiger charge is -2.42. The number of amides is 2. The molecule has 7 heteroatoms. The second-order valence-electron chi connectivity index (χ2n) is 7.95. The molecule has 2 atom stereocenters. The van der Waals surface area contributed by atoms with Crippen molar-refractivity contribution in [3.8, 4) is 10.4 Å². The molecule has 2 aliphatic heterocycles. The highest BCUT2D eigenvalue weighted by molar-refractivity contribution is 7.13. The summed E-state index contributed by atoms with van der Waals surface area (Å²) in [4.78, 5) is 29.1. The summed E-state index contributed by atoms with van der Waals surface area (Å²) in [5.74, 6) is -0.269. The standard InChI is InChI=1S/C24H28N2O4S/c1-2-11-25-23(28)24(16-18-7-9-19(10-8-18)21-6-4-15-31-21)17-26(12-14-30-24)22(27)20-5-3-13-29-20/h2,4,6-10,15,20H,1,3,5,11-14,16-17H2,(H,25,28)/t20-,24-/m1/s1. The Hall–Kier alpha value is -2.48. The Balaban J connectivity index is 1.55. The Morgan fingerprint density at radius 2 is 2.10 bits per heavy atom. The minimum Gasteiger partial charge on any atom is -0.368 e. The van der Waals surface area contributed by atoms with Crippen molar-refractivity contribution < 1.29 is 19.1 Å². The second kappa shape index (κ2) is 9.77. The van der Waals surface area contributed by atoms with Crippen LogP contribution in [0.5, 0.6) is 0 Å². The van der Waals surface area contributed by atoms with Crippen molar-refractivity contribution >= 4 is 23.2 Å². The first-order chi connectivity index (χ1) is 15.1. The van der Waals surface area contributed by atoms with Gasteiger partial charge in [0.05, 0.1) is 13.2 Å². The third-order valence-electron chi connectivity index (χ3n) is 5.77. The first-order valence-corrected chi connectivity index (χ1v) is 11.6. The van der Waals surface area contributed by atoms with Crippen LogP contribution >= 0.6 is 11.3 Å². The van der Waals surface area contributed by atoms with Gasteiger partial charge in [0.25, 0.3) is 11.8 Å². The van der Waals surface area contributed by atoms with Gasteiger partial charge in [-0.3, -0.25) is 9.59 Å². The maximum Gasteiger partial charge on any atom is 0.254 e. The van der Waals surface area contributed by atoms with E-state index in [4.69, 9.17) is 9.47 Å². The predicted molar refractivity (Wildman–Crippen MR) is 121 cm³/mol. The van der Waals surface area contributed by atoms with Crippen LogP contribution in [0.4, 0.5) is 0 Å². The number of nitrogens with zero attached hydrogens (tertiary/aromatic N) is 1. The number of carbonyl (C=O) groups is 2. The first-order valence-electron chi connectivity index (χ1n) is 10.7. The average Bonchev–Trinajstić information content (AvgIpc) is 3.52. The number of carbonyl (C=O) groups excluding carboxylic acids is 2. The summed E-state index contributed by atoms with van der Waals surface area (Å²) in [6.45, 7) is 5.63. The van der Waals surface area contributed by atoms with E-state index in [-0.39, 0.29) is 18.4 Å². The minimum atomic E-state index is -1.14. The molecular formula is C24H28N2O4S. The highest BCUT2D eigenvalue weighted by Crippen LogP contribution is 2.29. The molecule has 2 aromatic rings. The number of hydrogen-bond donors (Lipinski definition) is 1. The van der Waals surface area contributed by atoms with Crippen molar-refractivity contribution in [2.24, 2.45) is 0 Å². The monoisotopic (exact) mass is 440 g/mol. The van der Waals surface area contributed by atoms with Gasteiger partial charge in [0.15, 0.2) is 5.60 Å². The number of benzene rings is 1. The molecule has 2 saturated heterocycles. The van der Waals surface area contributed by atoms with Crippen LogP contribution in [0.1, 0.15) is 18.4 Å². The number of hydrogen-bond acceptors (Lipinski definition) is 5. The molecule has 0 saturated carbocycles. The molecule has 0 radical (unpaired) electrons. The normalized spacial score (nSPS) is 23.5. The molecule has 0 unspecified atom stereocenters. The first kappa shape index (κ1) is 21.7. The number of thiophene rings is 1. The molecule has 6 nitrogen and oxygen atoms in total. The zero-order valence-corrected chi connectivity index (χ0v) is 18.4. The van der Waals surface area contributed by atoms with Gasteiger partial charge in [-0.05, 0) is 35.4 Å². The van der Waals surface area contributed by atoms with Gasteiger partial charge in [0.2, 0.25) is 0 Å². The Morgan fingerprint density at radius 1 is 1.26 bits per heavy atom. The van der Waals surface area contributed by atoms with Gasteiger partial charge in [0, 0.05) is 31.0 Å². The number of ether oxygens (including phenoxy) is 2. The molecule has 1 aromatic carbocycles.